The highest BCUT2D eigenvalue weighted by molar-refractivity contribution is 7.89. The number of aryl methyl sites for hydroxylation is 1. The van der Waals surface area contributed by atoms with Gasteiger partial charge in [0.15, 0.2) is 11.5 Å². The number of hydrogen-bond acceptors (Lipinski definition) is 6. The first kappa shape index (κ1) is 22.4. The molecule has 1 heterocycles. The number of rotatable bonds is 8. The molecule has 164 valence electrons. The second-order valence-corrected chi connectivity index (χ2v) is 9.53. The Kier molecular flexibility index (Phi) is 6.90. The van der Waals surface area contributed by atoms with E-state index in [1.807, 2.05) is 19.0 Å². The van der Waals surface area contributed by atoms with Crippen molar-refractivity contribution in [2.45, 2.75) is 23.8 Å². The Morgan fingerprint density at radius 2 is 1.83 bits per heavy atom. The molecule has 0 spiro atoms. The largest absolute Gasteiger partial charge is 0.493 e. The minimum atomic E-state index is -3.70. The molecule has 2 aromatic rings. The minimum Gasteiger partial charge on any atom is -0.493 e. The molecular formula is C22H31N3O4S. The molecule has 0 fully saturated rings. The number of hydrogen-bond donors (Lipinski definition) is 1. The fourth-order valence-corrected chi connectivity index (χ4v) is 4.92. The van der Waals surface area contributed by atoms with Crippen molar-refractivity contribution in [3.05, 3.63) is 47.5 Å². The summed E-state index contributed by atoms with van der Waals surface area (Å²) in [5.74, 6) is 0.866. The summed E-state index contributed by atoms with van der Waals surface area (Å²) in [4.78, 5) is 4.45. The van der Waals surface area contributed by atoms with E-state index < -0.39 is 10.0 Å². The lowest BCUT2D eigenvalue weighted by Crippen LogP contribution is -2.35. The highest BCUT2D eigenvalue weighted by Gasteiger charge is 2.23. The number of likely N-dealkylation sites (N-methyl/N-ethyl adjacent to an activating group) is 1. The summed E-state index contributed by atoms with van der Waals surface area (Å²) in [5, 5.41) is 0. The van der Waals surface area contributed by atoms with Gasteiger partial charge in [-0.1, -0.05) is 12.1 Å². The number of fused-ring (bicyclic) bond motifs is 1. The molecule has 0 aromatic heterocycles. The maximum atomic E-state index is 12.9. The van der Waals surface area contributed by atoms with Crippen molar-refractivity contribution in [1.82, 2.24) is 9.62 Å². The Morgan fingerprint density at radius 1 is 1.10 bits per heavy atom. The van der Waals surface area contributed by atoms with Crippen molar-refractivity contribution < 1.29 is 17.9 Å². The average Bonchev–Trinajstić information content (AvgIpc) is 2.73. The van der Waals surface area contributed by atoms with Gasteiger partial charge in [0.1, 0.15) is 0 Å². The monoisotopic (exact) mass is 433 g/mol. The molecule has 30 heavy (non-hydrogen) atoms. The lowest BCUT2D eigenvalue weighted by Gasteiger charge is -2.30. The molecule has 0 bridgehead atoms. The van der Waals surface area contributed by atoms with Crippen LogP contribution in [0.1, 0.15) is 23.6 Å². The van der Waals surface area contributed by atoms with Crippen molar-refractivity contribution >= 4 is 15.7 Å². The van der Waals surface area contributed by atoms with E-state index in [0.29, 0.717) is 11.5 Å². The maximum absolute atomic E-state index is 12.9. The van der Waals surface area contributed by atoms with Gasteiger partial charge in [-0.2, -0.15) is 0 Å². The highest BCUT2D eigenvalue weighted by Crippen LogP contribution is 2.31. The molecule has 7 nitrogen and oxygen atoms in total. The van der Waals surface area contributed by atoms with E-state index in [1.165, 1.54) is 37.6 Å². The number of sulfonamides is 1. The van der Waals surface area contributed by atoms with Gasteiger partial charge in [-0.15, -0.1) is 0 Å². The number of nitrogens with zero attached hydrogens (tertiary/aromatic N) is 2. The molecule has 2 aromatic carbocycles. The van der Waals surface area contributed by atoms with Gasteiger partial charge in [-0.3, -0.25) is 0 Å². The summed E-state index contributed by atoms with van der Waals surface area (Å²) in [6, 6.07) is 10.9. The van der Waals surface area contributed by atoms with E-state index in [-0.39, 0.29) is 17.5 Å². The third-order valence-corrected chi connectivity index (χ3v) is 7.02. The standard InChI is InChI=1S/C22H31N3O4S/c1-24(2)20(17-8-10-19-16(13-17)7-6-12-25(19)3)15-23-30(26,27)18-9-11-21(28-4)22(14-18)29-5/h8-11,13-14,20,23H,6-7,12,15H2,1-5H3/t20-/m1/s1. The maximum Gasteiger partial charge on any atom is 0.240 e. The molecule has 1 atom stereocenters. The Hall–Kier alpha value is -2.29. The molecule has 0 amide bonds. The average molecular weight is 434 g/mol. The molecule has 0 unspecified atom stereocenters. The van der Waals surface area contributed by atoms with Gasteiger partial charge in [0, 0.05) is 37.9 Å². The fraction of sp³-hybridized carbons (Fsp3) is 0.455. The van der Waals surface area contributed by atoms with Crippen molar-refractivity contribution in [2.24, 2.45) is 0 Å². The second kappa shape index (κ2) is 9.24. The van der Waals surface area contributed by atoms with Gasteiger partial charge in [0.05, 0.1) is 19.1 Å². The van der Waals surface area contributed by atoms with Gasteiger partial charge in [-0.05, 0) is 56.3 Å². The summed E-state index contributed by atoms with van der Waals surface area (Å²) in [7, 11) is 5.33. The summed E-state index contributed by atoms with van der Waals surface area (Å²) in [6.07, 6.45) is 2.18. The normalized spacial score (nSPS) is 15.1. The van der Waals surface area contributed by atoms with E-state index in [9.17, 15) is 8.42 Å². The highest BCUT2D eigenvalue weighted by atomic mass is 32.2. The van der Waals surface area contributed by atoms with E-state index in [4.69, 9.17) is 9.47 Å². The predicted molar refractivity (Wildman–Crippen MR) is 119 cm³/mol. The van der Waals surface area contributed by atoms with Crippen LogP contribution in [0.5, 0.6) is 11.5 Å². The van der Waals surface area contributed by atoms with Gasteiger partial charge >= 0.3 is 0 Å². The van der Waals surface area contributed by atoms with Crippen LogP contribution in [-0.4, -0.2) is 61.8 Å². The first-order valence-electron chi connectivity index (χ1n) is 9.99. The number of benzene rings is 2. The van der Waals surface area contributed by atoms with E-state index in [0.717, 1.165) is 24.9 Å². The third kappa shape index (κ3) is 4.71. The quantitative estimate of drug-likeness (QED) is 0.690. The summed E-state index contributed by atoms with van der Waals surface area (Å²) in [5.41, 5.74) is 3.67. The SMILES string of the molecule is COc1ccc(S(=O)(=O)NC[C@H](c2ccc3c(c2)CCCN3C)N(C)C)cc1OC. The summed E-state index contributed by atoms with van der Waals surface area (Å²) < 4.78 is 39.0. The molecule has 1 aliphatic heterocycles. The van der Waals surface area contributed by atoms with Gasteiger partial charge in [-0.25, -0.2) is 13.1 Å². The summed E-state index contributed by atoms with van der Waals surface area (Å²) in [6.45, 7) is 1.33. The molecule has 0 saturated heterocycles. The van der Waals surface area contributed by atoms with Gasteiger partial charge in [0.25, 0.3) is 0 Å². The molecule has 3 rings (SSSR count). The van der Waals surface area contributed by atoms with Crippen LogP contribution in [0.4, 0.5) is 5.69 Å². The second-order valence-electron chi connectivity index (χ2n) is 7.76. The predicted octanol–water partition coefficient (Wildman–Crippen LogP) is 2.67. The van der Waals surface area contributed by atoms with Crippen LogP contribution >= 0.6 is 0 Å². The van der Waals surface area contributed by atoms with Gasteiger partial charge < -0.3 is 19.3 Å². The van der Waals surface area contributed by atoms with Crippen molar-refractivity contribution in [1.29, 1.82) is 0 Å². The van der Waals surface area contributed by atoms with E-state index in [2.05, 4.69) is 34.9 Å². The lowest BCUT2D eigenvalue weighted by molar-refractivity contribution is 0.299. The minimum absolute atomic E-state index is 0.0857. The molecule has 0 saturated carbocycles. The smallest absolute Gasteiger partial charge is 0.240 e. The fourth-order valence-electron chi connectivity index (χ4n) is 3.87. The van der Waals surface area contributed by atoms with Crippen LogP contribution in [0.3, 0.4) is 0 Å². The van der Waals surface area contributed by atoms with Crippen LogP contribution in [0.2, 0.25) is 0 Å². The zero-order valence-corrected chi connectivity index (χ0v) is 19.1. The first-order valence-corrected chi connectivity index (χ1v) is 11.5. The summed E-state index contributed by atoms with van der Waals surface area (Å²) >= 11 is 0. The van der Waals surface area contributed by atoms with Crippen LogP contribution < -0.4 is 19.1 Å². The Balaban J connectivity index is 1.81. The topological polar surface area (TPSA) is 71.1 Å². The van der Waals surface area contributed by atoms with Crippen LogP contribution in [0.25, 0.3) is 0 Å². The van der Waals surface area contributed by atoms with Crippen LogP contribution in [0, 0.1) is 0 Å². The Labute approximate surface area is 179 Å². The third-order valence-electron chi connectivity index (χ3n) is 5.59. The molecular weight excluding hydrogens is 402 g/mol. The Bertz CT molecular complexity index is 992. The number of methoxy groups -OCH3 is 2. The van der Waals surface area contributed by atoms with Crippen LogP contribution in [-0.2, 0) is 16.4 Å². The van der Waals surface area contributed by atoms with Crippen molar-refractivity contribution in [3.63, 3.8) is 0 Å². The Morgan fingerprint density at radius 3 is 2.50 bits per heavy atom. The molecule has 1 aliphatic rings. The van der Waals surface area contributed by atoms with Crippen molar-refractivity contribution in [2.75, 3.05) is 53.4 Å². The number of ether oxygens (including phenoxy) is 2. The number of anilines is 1. The van der Waals surface area contributed by atoms with Crippen LogP contribution in [0.15, 0.2) is 41.3 Å². The number of nitrogens with one attached hydrogen (secondary N) is 1. The van der Waals surface area contributed by atoms with E-state index >= 15 is 0 Å². The zero-order valence-electron chi connectivity index (χ0n) is 18.3. The van der Waals surface area contributed by atoms with Gasteiger partial charge in [0.2, 0.25) is 10.0 Å². The molecule has 0 aliphatic carbocycles. The lowest BCUT2D eigenvalue weighted by atomic mass is 9.96. The molecule has 1 N–H and O–H groups in total. The first-order chi connectivity index (χ1) is 14.3. The molecule has 0 radical (unpaired) electrons. The van der Waals surface area contributed by atoms with Crippen molar-refractivity contribution in [3.8, 4) is 11.5 Å². The van der Waals surface area contributed by atoms with E-state index in [1.54, 1.807) is 6.07 Å². The zero-order chi connectivity index (χ0) is 21.9. The molecule has 8 heteroatoms.